The summed E-state index contributed by atoms with van der Waals surface area (Å²) in [7, 11) is 1.70. The van der Waals surface area contributed by atoms with E-state index in [2.05, 4.69) is 36.1 Å². The fourth-order valence-electron chi connectivity index (χ4n) is 3.61. The van der Waals surface area contributed by atoms with Gasteiger partial charge in [0, 0.05) is 26.1 Å². The van der Waals surface area contributed by atoms with Gasteiger partial charge in [-0.25, -0.2) is 0 Å². The van der Waals surface area contributed by atoms with E-state index in [0.717, 1.165) is 49.9 Å². The van der Waals surface area contributed by atoms with Gasteiger partial charge in [0.15, 0.2) is 11.5 Å². The van der Waals surface area contributed by atoms with Gasteiger partial charge >= 0.3 is 0 Å². The van der Waals surface area contributed by atoms with Crippen molar-refractivity contribution in [2.75, 3.05) is 33.6 Å². The first-order valence-electron chi connectivity index (χ1n) is 9.07. The third kappa shape index (κ3) is 3.79. The van der Waals surface area contributed by atoms with Crippen molar-refractivity contribution in [3.05, 3.63) is 53.1 Å². The smallest absolute Gasteiger partial charge is 0.231 e. The Morgan fingerprint density at radius 2 is 2.00 bits per heavy atom. The van der Waals surface area contributed by atoms with Crippen LogP contribution in [0.3, 0.4) is 0 Å². The van der Waals surface area contributed by atoms with Gasteiger partial charge in [0.1, 0.15) is 5.75 Å². The Labute approximate surface area is 154 Å². The Kier molecular flexibility index (Phi) is 5.00. The van der Waals surface area contributed by atoms with E-state index in [9.17, 15) is 0 Å². The minimum atomic E-state index is 0.199. The lowest BCUT2D eigenvalue weighted by Crippen LogP contribution is -2.42. The monoisotopic (exact) mass is 355 g/mol. The van der Waals surface area contributed by atoms with Crippen LogP contribution >= 0.6 is 0 Å². The van der Waals surface area contributed by atoms with Gasteiger partial charge in [-0.05, 0) is 47.9 Å². The standard InChI is InChI=1S/C21H25NO4/c1-15-8-20-21(26-14-25-20)11-17(15)12-22-6-7-24-19(13-22)10-16-4-3-5-18(9-16)23-2/h3-5,8-9,11,19H,6-7,10,12-14H2,1-2H3/t19-/m1/s1. The molecular weight excluding hydrogens is 330 g/mol. The lowest BCUT2D eigenvalue weighted by atomic mass is 10.0. The number of methoxy groups -OCH3 is 1. The average Bonchev–Trinajstić information content (AvgIpc) is 3.09. The van der Waals surface area contributed by atoms with Crippen molar-refractivity contribution >= 4 is 0 Å². The van der Waals surface area contributed by atoms with Crippen LogP contribution in [-0.4, -0.2) is 44.6 Å². The number of benzene rings is 2. The summed E-state index contributed by atoms with van der Waals surface area (Å²) in [6.45, 7) is 5.98. The number of hydrogen-bond donors (Lipinski definition) is 0. The molecule has 138 valence electrons. The van der Waals surface area contributed by atoms with Gasteiger partial charge in [-0.1, -0.05) is 12.1 Å². The van der Waals surface area contributed by atoms with Gasteiger partial charge in [0.05, 0.1) is 19.8 Å². The molecular formula is C21H25NO4. The Morgan fingerprint density at radius 1 is 1.15 bits per heavy atom. The van der Waals surface area contributed by atoms with Crippen LogP contribution in [0.5, 0.6) is 17.2 Å². The molecule has 0 spiro atoms. The van der Waals surface area contributed by atoms with E-state index in [1.165, 1.54) is 16.7 Å². The van der Waals surface area contributed by atoms with E-state index >= 15 is 0 Å². The zero-order valence-electron chi connectivity index (χ0n) is 15.4. The third-order valence-corrected chi connectivity index (χ3v) is 5.05. The highest BCUT2D eigenvalue weighted by atomic mass is 16.7. The second kappa shape index (κ2) is 7.56. The number of ether oxygens (including phenoxy) is 4. The van der Waals surface area contributed by atoms with Crippen molar-refractivity contribution in [1.29, 1.82) is 0 Å². The number of morpholine rings is 1. The molecule has 5 nitrogen and oxygen atoms in total. The van der Waals surface area contributed by atoms with E-state index in [1.54, 1.807) is 7.11 Å². The van der Waals surface area contributed by atoms with Gasteiger partial charge in [-0.15, -0.1) is 0 Å². The van der Waals surface area contributed by atoms with Gasteiger partial charge in [-0.3, -0.25) is 4.90 Å². The molecule has 0 radical (unpaired) electrons. The fourth-order valence-corrected chi connectivity index (χ4v) is 3.61. The van der Waals surface area contributed by atoms with Crippen LogP contribution in [0.2, 0.25) is 0 Å². The molecule has 2 aromatic rings. The summed E-state index contributed by atoms with van der Waals surface area (Å²) in [6.07, 6.45) is 1.10. The highest BCUT2D eigenvalue weighted by Crippen LogP contribution is 2.35. The van der Waals surface area contributed by atoms with E-state index in [4.69, 9.17) is 18.9 Å². The maximum absolute atomic E-state index is 6.00. The van der Waals surface area contributed by atoms with Crippen molar-refractivity contribution in [1.82, 2.24) is 4.90 Å². The molecule has 2 aromatic carbocycles. The van der Waals surface area contributed by atoms with Gasteiger partial charge in [-0.2, -0.15) is 0 Å². The highest BCUT2D eigenvalue weighted by Gasteiger charge is 2.23. The molecule has 2 heterocycles. The largest absolute Gasteiger partial charge is 0.497 e. The summed E-state index contributed by atoms with van der Waals surface area (Å²) >= 11 is 0. The van der Waals surface area contributed by atoms with Crippen LogP contribution in [0.15, 0.2) is 36.4 Å². The number of rotatable bonds is 5. The van der Waals surface area contributed by atoms with Gasteiger partial charge in [0.2, 0.25) is 6.79 Å². The summed E-state index contributed by atoms with van der Waals surface area (Å²) in [5, 5.41) is 0. The molecule has 0 N–H and O–H groups in total. The molecule has 2 aliphatic rings. The maximum Gasteiger partial charge on any atom is 0.231 e. The zero-order chi connectivity index (χ0) is 17.9. The molecule has 0 saturated carbocycles. The molecule has 2 aliphatic heterocycles. The van der Waals surface area contributed by atoms with Crippen LogP contribution in [0.25, 0.3) is 0 Å². The van der Waals surface area contributed by atoms with E-state index < -0.39 is 0 Å². The summed E-state index contributed by atoms with van der Waals surface area (Å²) in [5.74, 6) is 2.60. The Hall–Kier alpha value is -2.24. The lowest BCUT2D eigenvalue weighted by Gasteiger charge is -2.33. The van der Waals surface area contributed by atoms with Gasteiger partial charge in [0.25, 0.3) is 0 Å². The molecule has 0 bridgehead atoms. The summed E-state index contributed by atoms with van der Waals surface area (Å²) in [5.41, 5.74) is 3.77. The van der Waals surface area contributed by atoms with E-state index in [1.807, 2.05) is 12.1 Å². The first-order chi connectivity index (χ1) is 12.7. The van der Waals surface area contributed by atoms with Crippen molar-refractivity contribution < 1.29 is 18.9 Å². The molecule has 0 aromatic heterocycles. The summed E-state index contributed by atoms with van der Waals surface area (Å²) < 4.78 is 22.3. The Morgan fingerprint density at radius 3 is 2.85 bits per heavy atom. The molecule has 1 saturated heterocycles. The molecule has 0 aliphatic carbocycles. The lowest BCUT2D eigenvalue weighted by molar-refractivity contribution is -0.0305. The predicted octanol–water partition coefficient (Wildman–Crippen LogP) is 3.18. The van der Waals surface area contributed by atoms with Gasteiger partial charge < -0.3 is 18.9 Å². The molecule has 0 unspecified atom stereocenters. The molecule has 26 heavy (non-hydrogen) atoms. The van der Waals surface area contributed by atoms with Crippen LogP contribution in [0.4, 0.5) is 0 Å². The quantitative estimate of drug-likeness (QED) is 0.824. The summed E-state index contributed by atoms with van der Waals surface area (Å²) in [4.78, 5) is 2.46. The number of fused-ring (bicyclic) bond motifs is 1. The third-order valence-electron chi connectivity index (χ3n) is 5.05. The second-order valence-electron chi connectivity index (χ2n) is 6.92. The molecule has 0 amide bonds. The van der Waals surface area contributed by atoms with E-state index in [0.29, 0.717) is 6.79 Å². The maximum atomic E-state index is 6.00. The first-order valence-corrected chi connectivity index (χ1v) is 9.07. The van der Waals surface area contributed by atoms with Crippen molar-refractivity contribution in [2.24, 2.45) is 0 Å². The SMILES string of the molecule is COc1cccc(C[C@@H]2CN(Cc3cc4c(cc3C)OCO4)CCO2)c1. The van der Waals surface area contributed by atoms with E-state index in [-0.39, 0.29) is 6.10 Å². The average molecular weight is 355 g/mol. The first kappa shape index (κ1) is 17.2. The minimum absolute atomic E-state index is 0.199. The Balaban J connectivity index is 1.41. The van der Waals surface area contributed by atoms with Crippen LogP contribution in [-0.2, 0) is 17.7 Å². The fraction of sp³-hybridized carbons (Fsp3) is 0.429. The van der Waals surface area contributed by atoms with Crippen molar-refractivity contribution in [2.45, 2.75) is 26.0 Å². The number of aryl methyl sites for hydroxylation is 1. The molecule has 1 fully saturated rings. The van der Waals surface area contributed by atoms with Crippen LogP contribution in [0.1, 0.15) is 16.7 Å². The normalized spacial score (nSPS) is 19.5. The number of hydrogen-bond acceptors (Lipinski definition) is 5. The van der Waals surface area contributed by atoms with Crippen molar-refractivity contribution in [3.63, 3.8) is 0 Å². The summed E-state index contributed by atoms with van der Waals surface area (Å²) in [6, 6.07) is 12.4. The molecule has 5 heteroatoms. The number of nitrogens with zero attached hydrogens (tertiary/aromatic N) is 1. The molecule has 4 rings (SSSR count). The highest BCUT2D eigenvalue weighted by molar-refractivity contribution is 5.48. The topological polar surface area (TPSA) is 40.2 Å². The zero-order valence-corrected chi connectivity index (χ0v) is 15.4. The second-order valence-corrected chi connectivity index (χ2v) is 6.92. The molecule has 1 atom stereocenters. The predicted molar refractivity (Wildman–Crippen MR) is 99.0 cm³/mol. The Bertz CT molecular complexity index is 777. The van der Waals surface area contributed by atoms with Crippen molar-refractivity contribution in [3.8, 4) is 17.2 Å². The van der Waals surface area contributed by atoms with Crippen LogP contribution < -0.4 is 14.2 Å². The minimum Gasteiger partial charge on any atom is -0.497 e. The van der Waals surface area contributed by atoms with Crippen LogP contribution in [0, 0.1) is 6.92 Å².